The second-order valence-electron chi connectivity index (χ2n) is 6.69. The lowest BCUT2D eigenvalue weighted by molar-refractivity contribution is 0.0641. The number of halogens is 1. The van der Waals surface area contributed by atoms with Crippen LogP contribution < -0.4 is 5.73 Å². The van der Waals surface area contributed by atoms with Crippen LogP contribution in [0.25, 0.3) is 0 Å². The molecule has 2 nitrogen and oxygen atoms in total. The normalized spacial score (nSPS) is 23.1. The topological polar surface area (TPSA) is 29.3 Å². The number of anilines is 1. The van der Waals surface area contributed by atoms with Gasteiger partial charge in [-0.15, -0.1) is 0 Å². The summed E-state index contributed by atoms with van der Waals surface area (Å²) in [4.78, 5) is 2.46. The van der Waals surface area contributed by atoms with Crippen LogP contribution in [0.1, 0.15) is 50.5 Å². The number of hydrogen-bond donors (Lipinski definition) is 1. The van der Waals surface area contributed by atoms with Gasteiger partial charge in [0.25, 0.3) is 0 Å². The second-order valence-corrected chi connectivity index (χ2v) is 6.69. The molecule has 110 valence electrons. The van der Waals surface area contributed by atoms with Gasteiger partial charge in [0, 0.05) is 6.54 Å². The average molecular weight is 276 g/mol. The molecule has 0 bridgehead atoms. The molecule has 2 fully saturated rings. The van der Waals surface area contributed by atoms with Crippen LogP contribution in [0.2, 0.25) is 0 Å². The zero-order valence-electron chi connectivity index (χ0n) is 12.2. The van der Waals surface area contributed by atoms with Gasteiger partial charge in [-0.25, -0.2) is 4.39 Å². The van der Waals surface area contributed by atoms with Gasteiger partial charge in [0.1, 0.15) is 5.82 Å². The molecular weight excluding hydrogens is 251 g/mol. The molecular formula is C17H25FN2. The van der Waals surface area contributed by atoms with Crippen molar-refractivity contribution >= 4 is 5.69 Å². The predicted octanol–water partition coefficient (Wildman–Crippen LogP) is 3.95. The largest absolute Gasteiger partial charge is 0.396 e. The van der Waals surface area contributed by atoms with Crippen LogP contribution in [0.5, 0.6) is 0 Å². The van der Waals surface area contributed by atoms with E-state index in [-0.39, 0.29) is 11.5 Å². The summed E-state index contributed by atoms with van der Waals surface area (Å²) in [6, 6.07) is 5.21. The van der Waals surface area contributed by atoms with E-state index in [2.05, 4.69) is 4.90 Å². The third-order valence-electron chi connectivity index (χ3n) is 5.30. The Balaban J connectivity index is 1.56. The van der Waals surface area contributed by atoms with Crippen molar-refractivity contribution in [2.24, 2.45) is 5.41 Å². The second kappa shape index (κ2) is 5.72. The lowest BCUT2D eigenvalue weighted by Gasteiger charge is -2.44. The Morgan fingerprint density at radius 2 is 1.75 bits per heavy atom. The fraction of sp³-hybridized carbons (Fsp3) is 0.647. The molecule has 3 rings (SSSR count). The molecule has 0 amide bonds. The van der Waals surface area contributed by atoms with E-state index in [0.717, 1.165) is 25.2 Å². The minimum absolute atomic E-state index is 0.244. The van der Waals surface area contributed by atoms with Crippen molar-refractivity contribution in [3.8, 4) is 0 Å². The number of piperidine rings is 1. The molecule has 1 spiro atoms. The van der Waals surface area contributed by atoms with Crippen molar-refractivity contribution in [2.75, 3.05) is 18.8 Å². The summed E-state index contributed by atoms with van der Waals surface area (Å²) in [7, 11) is 0. The number of benzene rings is 1. The minimum Gasteiger partial charge on any atom is -0.396 e. The first-order valence-electron chi connectivity index (χ1n) is 7.93. The van der Waals surface area contributed by atoms with Gasteiger partial charge in [0.2, 0.25) is 0 Å². The van der Waals surface area contributed by atoms with Gasteiger partial charge in [0.15, 0.2) is 0 Å². The number of nitrogens with zero attached hydrogens (tertiary/aromatic N) is 1. The molecule has 1 aromatic rings. The molecule has 1 heterocycles. The molecule has 1 aliphatic heterocycles. The summed E-state index contributed by atoms with van der Waals surface area (Å²) < 4.78 is 13.5. The van der Waals surface area contributed by atoms with Gasteiger partial charge in [0.05, 0.1) is 5.69 Å². The standard InChI is InChI=1S/C17H25FN2/c18-15-12-14(4-5-16(15)19)13-20-10-8-17(9-11-20)6-2-1-3-7-17/h4-5,12H,1-3,6-11,13,19H2. The first-order chi connectivity index (χ1) is 9.67. The lowest BCUT2D eigenvalue weighted by atomic mass is 9.68. The quantitative estimate of drug-likeness (QED) is 0.829. The van der Waals surface area contributed by atoms with Gasteiger partial charge in [-0.05, 0) is 61.9 Å². The third-order valence-corrected chi connectivity index (χ3v) is 5.30. The number of nitrogens with two attached hydrogens (primary N) is 1. The zero-order chi connectivity index (χ0) is 14.0. The zero-order valence-corrected chi connectivity index (χ0v) is 12.2. The fourth-order valence-electron chi connectivity index (χ4n) is 3.91. The highest BCUT2D eigenvalue weighted by Crippen LogP contribution is 2.44. The molecule has 0 aromatic heterocycles. The predicted molar refractivity (Wildman–Crippen MR) is 80.8 cm³/mol. The highest BCUT2D eigenvalue weighted by Gasteiger charge is 2.35. The van der Waals surface area contributed by atoms with Crippen LogP contribution in [0.3, 0.4) is 0 Å². The molecule has 2 N–H and O–H groups in total. The number of nitrogen functional groups attached to an aromatic ring is 1. The minimum atomic E-state index is -0.289. The maximum absolute atomic E-state index is 13.5. The van der Waals surface area contributed by atoms with Crippen molar-refractivity contribution in [1.82, 2.24) is 4.90 Å². The number of hydrogen-bond acceptors (Lipinski definition) is 2. The molecule has 1 saturated carbocycles. The SMILES string of the molecule is Nc1ccc(CN2CCC3(CCCCC3)CC2)cc1F. The van der Waals surface area contributed by atoms with Crippen molar-refractivity contribution in [3.05, 3.63) is 29.6 Å². The Bertz CT molecular complexity index is 456. The van der Waals surface area contributed by atoms with Crippen molar-refractivity contribution in [2.45, 2.75) is 51.5 Å². The van der Waals surface area contributed by atoms with Gasteiger partial charge in [-0.3, -0.25) is 4.90 Å². The summed E-state index contributed by atoms with van der Waals surface area (Å²) in [6.07, 6.45) is 9.77. The van der Waals surface area contributed by atoms with Crippen LogP contribution in [0, 0.1) is 11.2 Å². The highest BCUT2D eigenvalue weighted by atomic mass is 19.1. The molecule has 0 radical (unpaired) electrons. The van der Waals surface area contributed by atoms with E-state index in [1.54, 1.807) is 12.1 Å². The summed E-state index contributed by atoms with van der Waals surface area (Å²) in [5, 5.41) is 0. The molecule has 20 heavy (non-hydrogen) atoms. The molecule has 2 aliphatic rings. The van der Waals surface area contributed by atoms with E-state index in [9.17, 15) is 4.39 Å². The third kappa shape index (κ3) is 2.98. The Morgan fingerprint density at radius 3 is 2.40 bits per heavy atom. The molecule has 0 atom stereocenters. The van der Waals surface area contributed by atoms with Crippen molar-refractivity contribution in [3.63, 3.8) is 0 Å². The molecule has 1 saturated heterocycles. The van der Waals surface area contributed by atoms with Crippen LogP contribution in [-0.4, -0.2) is 18.0 Å². The molecule has 0 unspecified atom stereocenters. The summed E-state index contributed by atoms with van der Waals surface area (Å²) in [5.74, 6) is -0.289. The van der Waals surface area contributed by atoms with Crippen LogP contribution in [0.15, 0.2) is 18.2 Å². The number of likely N-dealkylation sites (tertiary alicyclic amines) is 1. The van der Waals surface area contributed by atoms with Gasteiger partial charge < -0.3 is 5.73 Å². The van der Waals surface area contributed by atoms with Gasteiger partial charge in [-0.2, -0.15) is 0 Å². The Hall–Kier alpha value is -1.09. The first kappa shape index (κ1) is 13.9. The van der Waals surface area contributed by atoms with E-state index in [1.165, 1.54) is 44.9 Å². The van der Waals surface area contributed by atoms with Gasteiger partial charge in [-0.1, -0.05) is 25.3 Å². The van der Waals surface area contributed by atoms with Crippen LogP contribution in [-0.2, 0) is 6.54 Å². The summed E-state index contributed by atoms with van der Waals surface area (Å²) in [5.41, 5.74) is 7.45. The Morgan fingerprint density at radius 1 is 1.05 bits per heavy atom. The molecule has 1 aromatic carbocycles. The van der Waals surface area contributed by atoms with Crippen molar-refractivity contribution < 1.29 is 4.39 Å². The fourth-order valence-corrected chi connectivity index (χ4v) is 3.91. The van der Waals surface area contributed by atoms with Crippen LogP contribution >= 0.6 is 0 Å². The maximum atomic E-state index is 13.5. The summed E-state index contributed by atoms with van der Waals surface area (Å²) in [6.45, 7) is 3.17. The smallest absolute Gasteiger partial charge is 0.146 e. The Kier molecular flexibility index (Phi) is 3.97. The molecule has 1 aliphatic carbocycles. The number of rotatable bonds is 2. The average Bonchev–Trinajstić information content (AvgIpc) is 2.47. The highest BCUT2D eigenvalue weighted by molar-refractivity contribution is 5.41. The van der Waals surface area contributed by atoms with Gasteiger partial charge >= 0.3 is 0 Å². The van der Waals surface area contributed by atoms with E-state index in [1.807, 2.05) is 6.07 Å². The van der Waals surface area contributed by atoms with Crippen molar-refractivity contribution in [1.29, 1.82) is 0 Å². The van der Waals surface area contributed by atoms with E-state index < -0.39 is 0 Å². The molecule has 3 heteroatoms. The first-order valence-corrected chi connectivity index (χ1v) is 7.93. The summed E-state index contributed by atoms with van der Waals surface area (Å²) >= 11 is 0. The maximum Gasteiger partial charge on any atom is 0.146 e. The van der Waals surface area contributed by atoms with E-state index in [0.29, 0.717) is 5.41 Å². The lowest BCUT2D eigenvalue weighted by Crippen LogP contribution is -2.40. The van der Waals surface area contributed by atoms with E-state index >= 15 is 0 Å². The monoisotopic (exact) mass is 276 g/mol. The van der Waals surface area contributed by atoms with Crippen LogP contribution in [0.4, 0.5) is 10.1 Å². The van der Waals surface area contributed by atoms with E-state index in [4.69, 9.17) is 5.73 Å². The Labute approximate surface area is 121 Å².